The first-order valence-corrected chi connectivity index (χ1v) is 7.24. The van der Waals surface area contributed by atoms with Crippen LogP contribution in [0.1, 0.15) is 35.1 Å². The van der Waals surface area contributed by atoms with Gasteiger partial charge in [0, 0.05) is 24.6 Å². The molecule has 0 N–H and O–H groups in total. The zero-order valence-corrected chi connectivity index (χ0v) is 12.1. The number of benzene rings is 2. The first-order valence-electron chi connectivity index (χ1n) is 7.24. The maximum Gasteiger partial charge on any atom is 0.131 e. The van der Waals surface area contributed by atoms with E-state index in [0.29, 0.717) is 6.54 Å². The fourth-order valence-electron chi connectivity index (χ4n) is 3.16. The zero-order chi connectivity index (χ0) is 14.1. The summed E-state index contributed by atoms with van der Waals surface area (Å²) in [6.07, 6.45) is 0.749. The number of aryl methyl sites for hydroxylation is 1. The van der Waals surface area contributed by atoms with Crippen LogP contribution in [-0.2, 0) is 13.0 Å². The Morgan fingerprint density at radius 3 is 2.60 bits per heavy atom. The van der Waals surface area contributed by atoms with Gasteiger partial charge in [0.05, 0.1) is 0 Å². The molecule has 3 rings (SSSR count). The monoisotopic (exact) mass is 269 g/mol. The smallest absolute Gasteiger partial charge is 0.131 e. The molecule has 1 nitrogen and oxygen atoms in total. The van der Waals surface area contributed by atoms with E-state index in [9.17, 15) is 4.39 Å². The van der Waals surface area contributed by atoms with Gasteiger partial charge in [0.2, 0.25) is 0 Å². The van der Waals surface area contributed by atoms with Gasteiger partial charge in [0.15, 0.2) is 0 Å². The highest BCUT2D eigenvalue weighted by Gasteiger charge is 2.27. The Bertz CT molecular complexity index is 606. The maximum absolute atomic E-state index is 14.6. The molecule has 0 aromatic heterocycles. The average Bonchev–Trinajstić information content (AvgIpc) is 2.48. The molecule has 1 unspecified atom stereocenters. The van der Waals surface area contributed by atoms with E-state index in [0.717, 1.165) is 29.7 Å². The minimum atomic E-state index is -0.00233. The molecule has 0 saturated heterocycles. The average molecular weight is 269 g/mol. The van der Waals surface area contributed by atoms with Crippen LogP contribution in [0.3, 0.4) is 0 Å². The fourth-order valence-corrected chi connectivity index (χ4v) is 3.16. The van der Waals surface area contributed by atoms with Gasteiger partial charge in [-0.05, 0) is 30.2 Å². The van der Waals surface area contributed by atoms with E-state index in [4.69, 9.17) is 0 Å². The van der Waals surface area contributed by atoms with Crippen LogP contribution in [0.25, 0.3) is 0 Å². The van der Waals surface area contributed by atoms with Crippen LogP contribution in [-0.4, -0.2) is 18.5 Å². The van der Waals surface area contributed by atoms with Crippen molar-refractivity contribution < 1.29 is 4.39 Å². The summed E-state index contributed by atoms with van der Waals surface area (Å²) in [6, 6.07) is 14.5. The number of likely N-dealkylation sites (N-methyl/N-ethyl adjacent to an activating group) is 1. The SMILES string of the molecule is CCc1ccc2c(c1F)CN(C)CC2c1ccccc1. The minimum Gasteiger partial charge on any atom is -0.301 e. The molecule has 2 aromatic carbocycles. The Kier molecular flexibility index (Phi) is 3.58. The second-order valence-corrected chi connectivity index (χ2v) is 5.62. The van der Waals surface area contributed by atoms with Gasteiger partial charge in [0.25, 0.3) is 0 Å². The van der Waals surface area contributed by atoms with Crippen LogP contribution in [0, 0.1) is 5.82 Å². The van der Waals surface area contributed by atoms with Crippen LogP contribution in [0.2, 0.25) is 0 Å². The van der Waals surface area contributed by atoms with Crippen molar-refractivity contribution in [2.24, 2.45) is 0 Å². The molecule has 0 saturated carbocycles. The van der Waals surface area contributed by atoms with E-state index in [1.807, 2.05) is 19.1 Å². The first-order chi connectivity index (χ1) is 9.70. The summed E-state index contributed by atoms with van der Waals surface area (Å²) in [5, 5.41) is 0. The van der Waals surface area contributed by atoms with Crippen molar-refractivity contribution >= 4 is 0 Å². The van der Waals surface area contributed by atoms with Crippen molar-refractivity contribution in [1.82, 2.24) is 4.90 Å². The van der Waals surface area contributed by atoms with Crippen LogP contribution in [0.15, 0.2) is 42.5 Å². The van der Waals surface area contributed by atoms with Crippen LogP contribution in [0.5, 0.6) is 0 Å². The van der Waals surface area contributed by atoms with Gasteiger partial charge >= 0.3 is 0 Å². The van der Waals surface area contributed by atoms with Gasteiger partial charge in [-0.1, -0.05) is 49.4 Å². The molecule has 0 fully saturated rings. The van der Waals surface area contributed by atoms with E-state index in [1.165, 1.54) is 5.56 Å². The van der Waals surface area contributed by atoms with E-state index in [2.05, 4.69) is 42.3 Å². The molecular formula is C18H20FN. The normalized spacial score (nSPS) is 18.9. The van der Waals surface area contributed by atoms with Gasteiger partial charge < -0.3 is 4.90 Å². The quantitative estimate of drug-likeness (QED) is 0.797. The Labute approximate surface area is 120 Å². The molecule has 0 bridgehead atoms. The first kappa shape index (κ1) is 13.3. The maximum atomic E-state index is 14.6. The number of fused-ring (bicyclic) bond motifs is 1. The summed E-state index contributed by atoms with van der Waals surface area (Å²) >= 11 is 0. The zero-order valence-electron chi connectivity index (χ0n) is 12.1. The van der Waals surface area contributed by atoms with E-state index >= 15 is 0 Å². The van der Waals surface area contributed by atoms with Gasteiger partial charge in [-0.25, -0.2) is 4.39 Å². The number of nitrogens with zero attached hydrogens (tertiary/aromatic N) is 1. The van der Waals surface area contributed by atoms with E-state index in [1.54, 1.807) is 0 Å². The number of hydrogen-bond acceptors (Lipinski definition) is 1. The van der Waals surface area contributed by atoms with Crippen molar-refractivity contribution in [2.45, 2.75) is 25.8 Å². The number of rotatable bonds is 2. The van der Waals surface area contributed by atoms with Crippen molar-refractivity contribution in [2.75, 3.05) is 13.6 Å². The van der Waals surface area contributed by atoms with Gasteiger partial charge in [-0.3, -0.25) is 0 Å². The highest BCUT2D eigenvalue weighted by atomic mass is 19.1. The summed E-state index contributed by atoms with van der Waals surface area (Å²) < 4.78 is 14.6. The molecule has 1 aliphatic rings. The lowest BCUT2D eigenvalue weighted by Gasteiger charge is -2.33. The lowest BCUT2D eigenvalue weighted by Crippen LogP contribution is -2.32. The third kappa shape index (κ3) is 2.25. The second-order valence-electron chi connectivity index (χ2n) is 5.62. The molecule has 1 aliphatic heterocycles. The Morgan fingerprint density at radius 2 is 1.90 bits per heavy atom. The van der Waals surface area contributed by atoms with E-state index < -0.39 is 0 Å². The van der Waals surface area contributed by atoms with Crippen molar-refractivity contribution in [1.29, 1.82) is 0 Å². The van der Waals surface area contributed by atoms with Crippen LogP contribution < -0.4 is 0 Å². The van der Waals surface area contributed by atoms with Gasteiger partial charge in [-0.15, -0.1) is 0 Å². The molecule has 0 spiro atoms. The Hall–Kier alpha value is -1.67. The largest absolute Gasteiger partial charge is 0.301 e. The molecule has 0 amide bonds. The molecule has 1 atom stereocenters. The topological polar surface area (TPSA) is 3.24 Å². The minimum absolute atomic E-state index is 0.00233. The Balaban J connectivity index is 2.11. The third-order valence-electron chi connectivity index (χ3n) is 4.24. The molecule has 20 heavy (non-hydrogen) atoms. The standard InChI is InChI=1S/C18H20FN/c1-3-13-9-10-15-16(14-7-5-4-6-8-14)11-20(2)12-17(15)18(13)19/h4-10,16H,3,11-12H2,1-2H3. The molecule has 2 aromatic rings. The molecule has 0 radical (unpaired) electrons. The lowest BCUT2D eigenvalue weighted by atomic mass is 9.83. The molecule has 0 aliphatic carbocycles. The molecule has 104 valence electrons. The number of halogens is 1. The third-order valence-corrected chi connectivity index (χ3v) is 4.24. The Morgan fingerprint density at radius 1 is 1.15 bits per heavy atom. The summed E-state index contributed by atoms with van der Waals surface area (Å²) in [6.45, 7) is 3.66. The van der Waals surface area contributed by atoms with Crippen molar-refractivity contribution in [3.63, 3.8) is 0 Å². The van der Waals surface area contributed by atoms with Crippen LogP contribution >= 0.6 is 0 Å². The van der Waals surface area contributed by atoms with Gasteiger partial charge in [-0.2, -0.15) is 0 Å². The number of hydrogen-bond donors (Lipinski definition) is 0. The summed E-state index contributed by atoms with van der Waals surface area (Å²) in [5.41, 5.74) is 4.13. The second kappa shape index (κ2) is 5.37. The highest BCUT2D eigenvalue weighted by molar-refractivity contribution is 5.43. The predicted octanol–water partition coefficient (Wildman–Crippen LogP) is 3.97. The van der Waals surface area contributed by atoms with Crippen molar-refractivity contribution in [3.05, 3.63) is 70.5 Å². The summed E-state index contributed by atoms with van der Waals surface area (Å²) in [5.74, 6) is 0.267. The highest BCUT2D eigenvalue weighted by Crippen LogP contribution is 2.35. The molecular weight excluding hydrogens is 249 g/mol. The lowest BCUT2D eigenvalue weighted by molar-refractivity contribution is 0.288. The summed E-state index contributed by atoms with van der Waals surface area (Å²) in [7, 11) is 2.07. The van der Waals surface area contributed by atoms with Crippen LogP contribution in [0.4, 0.5) is 4.39 Å². The predicted molar refractivity (Wildman–Crippen MR) is 80.4 cm³/mol. The molecule has 1 heterocycles. The van der Waals surface area contributed by atoms with E-state index in [-0.39, 0.29) is 11.7 Å². The fraction of sp³-hybridized carbons (Fsp3) is 0.333. The summed E-state index contributed by atoms with van der Waals surface area (Å²) in [4.78, 5) is 2.21. The molecule has 2 heteroatoms. The van der Waals surface area contributed by atoms with Crippen molar-refractivity contribution in [3.8, 4) is 0 Å². The van der Waals surface area contributed by atoms with Gasteiger partial charge in [0.1, 0.15) is 5.82 Å².